The van der Waals surface area contributed by atoms with Crippen molar-refractivity contribution in [3.05, 3.63) is 10.6 Å². The van der Waals surface area contributed by atoms with Crippen molar-refractivity contribution in [1.29, 1.82) is 0 Å². The van der Waals surface area contributed by atoms with Gasteiger partial charge in [-0.3, -0.25) is 0 Å². The number of nitrogens with zero attached hydrogens (tertiary/aromatic N) is 2. The van der Waals surface area contributed by atoms with Crippen LogP contribution in [0.5, 0.6) is 0 Å². The van der Waals surface area contributed by atoms with Crippen molar-refractivity contribution in [3.8, 4) is 0 Å². The number of piperidine rings is 1. The fourth-order valence-electron chi connectivity index (χ4n) is 3.26. The Kier molecular flexibility index (Phi) is 6.06. The lowest BCUT2D eigenvalue weighted by Crippen LogP contribution is -2.38. The van der Waals surface area contributed by atoms with Crippen LogP contribution in [0.15, 0.2) is 0 Å². The fraction of sp³-hybridized carbons (Fsp3) is 0.824. The van der Waals surface area contributed by atoms with Crippen molar-refractivity contribution in [1.82, 2.24) is 10.3 Å². The minimum absolute atomic E-state index is 0.507. The largest absolute Gasteiger partial charge is 0.348 e. The summed E-state index contributed by atoms with van der Waals surface area (Å²) in [4.78, 5) is 8.93. The van der Waals surface area contributed by atoms with Gasteiger partial charge in [0.2, 0.25) is 0 Å². The highest BCUT2D eigenvalue weighted by atomic mass is 32.1. The molecule has 1 saturated heterocycles. The summed E-state index contributed by atoms with van der Waals surface area (Å²) in [5, 5.41) is 4.77. The van der Waals surface area contributed by atoms with E-state index in [1.807, 2.05) is 11.3 Å². The molecule has 0 amide bonds. The Bertz CT molecular complexity index is 431. The predicted octanol–water partition coefficient (Wildman–Crippen LogP) is 4.25. The van der Waals surface area contributed by atoms with E-state index in [2.05, 4.69) is 44.8 Å². The molecule has 0 saturated carbocycles. The van der Waals surface area contributed by atoms with Crippen LogP contribution < -0.4 is 10.2 Å². The molecule has 2 unspecified atom stereocenters. The Balaban J connectivity index is 2.14. The van der Waals surface area contributed by atoms with E-state index in [1.54, 1.807) is 0 Å². The van der Waals surface area contributed by atoms with Crippen LogP contribution in [-0.2, 0) is 6.54 Å². The third-order valence-corrected chi connectivity index (χ3v) is 5.25. The minimum Gasteiger partial charge on any atom is -0.348 e. The standard InChI is InChI=1S/C17H31N3S/c1-6-7-18-9-15-16(12(2)3)19-17(21-15)20-10-13(4)8-14(5)11-20/h12-14,18H,6-11H2,1-5H3. The topological polar surface area (TPSA) is 28.2 Å². The summed E-state index contributed by atoms with van der Waals surface area (Å²) in [5.41, 5.74) is 1.30. The number of hydrogen-bond donors (Lipinski definition) is 1. The maximum atomic E-state index is 4.99. The van der Waals surface area contributed by atoms with E-state index in [9.17, 15) is 0 Å². The third-order valence-electron chi connectivity index (χ3n) is 4.11. The number of nitrogens with one attached hydrogen (secondary N) is 1. The van der Waals surface area contributed by atoms with Gasteiger partial charge in [0, 0.05) is 24.5 Å². The van der Waals surface area contributed by atoms with Gasteiger partial charge in [-0.2, -0.15) is 0 Å². The van der Waals surface area contributed by atoms with Gasteiger partial charge in [-0.05, 0) is 37.1 Å². The first kappa shape index (κ1) is 16.8. The average molecular weight is 310 g/mol. The highest BCUT2D eigenvalue weighted by Crippen LogP contribution is 2.34. The lowest BCUT2D eigenvalue weighted by molar-refractivity contribution is 0.356. The van der Waals surface area contributed by atoms with Crippen molar-refractivity contribution in [2.45, 2.75) is 59.9 Å². The lowest BCUT2D eigenvalue weighted by atomic mass is 9.92. The fourth-order valence-corrected chi connectivity index (χ4v) is 4.46. The summed E-state index contributed by atoms with van der Waals surface area (Å²) in [6.45, 7) is 15.8. The van der Waals surface area contributed by atoms with Gasteiger partial charge in [0.15, 0.2) is 5.13 Å². The Hall–Kier alpha value is -0.610. The Labute approximate surface area is 134 Å². The predicted molar refractivity (Wildman–Crippen MR) is 93.4 cm³/mol. The average Bonchev–Trinajstić information content (AvgIpc) is 2.82. The first-order chi connectivity index (χ1) is 10.0. The first-order valence-electron chi connectivity index (χ1n) is 8.46. The van der Waals surface area contributed by atoms with Crippen molar-refractivity contribution < 1.29 is 0 Å². The van der Waals surface area contributed by atoms with Gasteiger partial charge in [0.05, 0.1) is 5.69 Å². The van der Waals surface area contributed by atoms with E-state index in [4.69, 9.17) is 4.98 Å². The van der Waals surface area contributed by atoms with Crippen molar-refractivity contribution in [3.63, 3.8) is 0 Å². The number of aromatic nitrogens is 1. The van der Waals surface area contributed by atoms with E-state index < -0.39 is 0 Å². The molecule has 120 valence electrons. The molecule has 1 N–H and O–H groups in total. The monoisotopic (exact) mass is 309 g/mol. The quantitative estimate of drug-likeness (QED) is 0.796. The van der Waals surface area contributed by atoms with Crippen LogP contribution in [0.1, 0.15) is 63.9 Å². The smallest absolute Gasteiger partial charge is 0.185 e. The summed E-state index contributed by atoms with van der Waals surface area (Å²) in [6, 6.07) is 0. The molecule has 2 atom stereocenters. The van der Waals surface area contributed by atoms with Crippen LogP contribution in [0.4, 0.5) is 5.13 Å². The molecule has 1 aromatic heterocycles. The molecule has 2 heterocycles. The first-order valence-corrected chi connectivity index (χ1v) is 9.28. The highest BCUT2D eigenvalue weighted by Gasteiger charge is 2.25. The molecule has 2 rings (SSSR count). The molecule has 1 aromatic rings. The summed E-state index contributed by atoms with van der Waals surface area (Å²) in [5.74, 6) is 2.07. The zero-order chi connectivity index (χ0) is 15.4. The van der Waals surface area contributed by atoms with Gasteiger partial charge >= 0.3 is 0 Å². The number of anilines is 1. The van der Waals surface area contributed by atoms with Gasteiger partial charge in [-0.15, -0.1) is 11.3 Å². The van der Waals surface area contributed by atoms with Crippen LogP contribution in [-0.4, -0.2) is 24.6 Å². The van der Waals surface area contributed by atoms with Gasteiger partial charge in [-0.1, -0.05) is 34.6 Å². The summed E-state index contributed by atoms with van der Waals surface area (Å²) < 4.78 is 0. The molecule has 0 radical (unpaired) electrons. The summed E-state index contributed by atoms with van der Waals surface area (Å²) >= 11 is 1.90. The molecular formula is C17H31N3S. The molecule has 0 spiro atoms. The third kappa shape index (κ3) is 4.43. The molecule has 21 heavy (non-hydrogen) atoms. The Morgan fingerprint density at radius 1 is 1.29 bits per heavy atom. The second-order valence-electron chi connectivity index (χ2n) is 6.99. The molecule has 1 aliphatic rings. The molecule has 0 aliphatic carbocycles. The molecule has 1 fully saturated rings. The zero-order valence-corrected chi connectivity index (χ0v) is 15.1. The highest BCUT2D eigenvalue weighted by molar-refractivity contribution is 7.15. The van der Waals surface area contributed by atoms with Crippen LogP contribution >= 0.6 is 11.3 Å². The van der Waals surface area contributed by atoms with Crippen LogP contribution in [0.25, 0.3) is 0 Å². The normalized spacial score (nSPS) is 23.0. The number of rotatable bonds is 6. The second-order valence-corrected chi connectivity index (χ2v) is 8.05. The van der Waals surface area contributed by atoms with E-state index in [-0.39, 0.29) is 0 Å². The number of thiazole rings is 1. The zero-order valence-electron chi connectivity index (χ0n) is 14.3. The Morgan fingerprint density at radius 3 is 2.52 bits per heavy atom. The minimum atomic E-state index is 0.507. The van der Waals surface area contributed by atoms with E-state index in [0.717, 1.165) is 38.0 Å². The van der Waals surface area contributed by atoms with Gasteiger partial charge in [0.25, 0.3) is 0 Å². The van der Waals surface area contributed by atoms with Crippen LogP contribution in [0.2, 0.25) is 0 Å². The Morgan fingerprint density at radius 2 is 1.95 bits per heavy atom. The SMILES string of the molecule is CCCNCc1sc(N2CC(C)CC(C)C2)nc1C(C)C. The molecule has 1 aliphatic heterocycles. The van der Waals surface area contributed by atoms with Crippen molar-refractivity contribution in [2.24, 2.45) is 11.8 Å². The van der Waals surface area contributed by atoms with Crippen molar-refractivity contribution in [2.75, 3.05) is 24.5 Å². The molecular weight excluding hydrogens is 278 g/mol. The molecule has 0 bridgehead atoms. The van der Waals surface area contributed by atoms with E-state index in [1.165, 1.54) is 28.5 Å². The van der Waals surface area contributed by atoms with Gasteiger partial charge in [0.1, 0.15) is 0 Å². The lowest BCUT2D eigenvalue weighted by Gasteiger charge is -2.34. The maximum Gasteiger partial charge on any atom is 0.185 e. The van der Waals surface area contributed by atoms with Crippen molar-refractivity contribution >= 4 is 16.5 Å². The molecule has 0 aromatic carbocycles. The number of hydrogen-bond acceptors (Lipinski definition) is 4. The second kappa shape index (κ2) is 7.59. The van der Waals surface area contributed by atoms with E-state index >= 15 is 0 Å². The summed E-state index contributed by atoms with van der Waals surface area (Å²) in [6.07, 6.45) is 2.54. The van der Waals surface area contributed by atoms with Gasteiger partial charge < -0.3 is 10.2 Å². The van der Waals surface area contributed by atoms with Crippen LogP contribution in [0.3, 0.4) is 0 Å². The summed E-state index contributed by atoms with van der Waals surface area (Å²) in [7, 11) is 0. The maximum absolute atomic E-state index is 4.99. The molecule has 3 nitrogen and oxygen atoms in total. The van der Waals surface area contributed by atoms with E-state index in [0.29, 0.717) is 5.92 Å². The molecule has 4 heteroatoms. The van der Waals surface area contributed by atoms with Crippen LogP contribution in [0, 0.1) is 11.8 Å². The van der Waals surface area contributed by atoms with Gasteiger partial charge in [-0.25, -0.2) is 4.98 Å².